The van der Waals surface area contributed by atoms with E-state index in [1.807, 2.05) is 59.0 Å². The molecule has 0 aromatic carbocycles. The Morgan fingerprint density at radius 3 is 2.41 bits per heavy atom. The maximum atomic E-state index is 12.2. The lowest BCUT2D eigenvalue weighted by molar-refractivity contribution is -0.145. The molecule has 7 heteroatoms. The van der Waals surface area contributed by atoms with E-state index in [1.165, 1.54) is 0 Å². The smallest absolute Gasteiger partial charge is 0.237 e. The van der Waals surface area contributed by atoms with E-state index in [2.05, 4.69) is 0 Å². The van der Waals surface area contributed by atoms with Crippen LogP contribution in [0.3, 0.4) is 0 Å². The highest BCUT2D eigenvalue weighted by molar-refractivity contribution is 14.1. The van der Waals surface area contributed by atoms with Crippen molar-refractivity contribution in [3.63, 3.8) is 0 Å². The minimum absolute atomic E-state index is 0.0415. The second-order valence-corrected chi connectivity index (χ2v) is 7.26. The number of amides is 2. The van der Waals surface area contributed by atoms with Crippen LogP contribution in [0.2, 0.25) is 0 Å². The summed E-state index contributed by atoms with van der Waals surface area (Å²) >= 11 is 3.90. The van der Waals surface area contributed by atoms with Crippen LogP contribution in [0.4, 0.5) is 0 Å². The van der Waals surface area contributed by atoms with E-state index in [-0.39, 0.29) is 11.5 Å². The van der Waals surface area contributed by atoms with Gasteiger partial charge in [-0.2, -0.15) is 0 Å². The number of halogens is 2. The third-order valence-electron chi connectivity index (χ3n) is 2.50. The van der Waals surface area contributed by atoms with E-state index in [4.69, 9.17) is 10.5 Å². The Kier molecular flexibility index (Phi) is 5.44. The summed E-state index contributed by atoms with van der Waals surface area (Å²) in [7, 11) is 0. The van der Waals surface area contributed by atoms with Crippen LogP contribution in [-0.4, -0.2) is 49.9 Å². The molecule has 1 heterocycles. The molecule has 2 N–H and O–H groups in total. The Balaban J connectivity index is 2.66. The highest BCUT2D eigenvalue weighted by Gasteiger charge is 2.36. The average Bonchev–Trinajstić information content (AvgIpc) is 2.24. The summed E-state index contributed by atoms with van der Waals surface area (Å²) in [6, 6.07) is 0. The number of nitrogens with zero attached hydrogens (tertiary/aromatic N) is 1. The number of ether oxygens (including phenoxy) is 1. The minimum atomic E-state index is -0.480. The summed E-state index contributed by atoms with van der Waals surface area (Å²) in [5, 5.41) is 0. The van der Waals surface area contributed by atoms with Crippen molar-refractivity contribution < 1.29 is 14.3 Å². The fraction of sp³-hybridized carbons (Fsp3) is 0.800. The van der Waals surface area contributed by atoms with Crippen molar-refractivity contribution in [2.45, 2.75) is 27.3 Å². The molecule has 2 amide bonds. The van der Waals surface area contributed by atoms with Crippen molar-refractivity contribution in [3.05, 3.63) is 0 Å². The van der Waals surface area contributed by atoms with Crippen molar-refractivity contribution in [1.82, 2.24) is 4.90 Å². The first kappa shape index (κ1) is 15.4. The first-order valence-corrected chi connectivity index (χ1v) is 7.74. The number of alkyl halides is 2. The number of hydrogen-bond acceptors (Lipinski definition) is 3. The van der Waals surface area contributed by atoms with E-state index < -0.39 is 13.8 Å². The van der Waals surface area contributed by atoms with Crippen LogP contribution in [-0.2, 0) is 14.3 Å². The Morgan fingerprint density at radius 1 is 1.35 bits per heavy atom. The quantitative estimate of drug-likeness (QED) is 0.493. The highest BCUT2D eigenvalue weighted by Crippen LogP contribution is 2.22. The Morgan fingerprint density at radius 2 is 1.94 bits per heavy atom. The van der Waals surface area contributed by atoms with Crippen molar-refractivity contribution in [2.75, 3.05) is 19.7 Å². The van der Waals surface area contributed by atoms with E-state index in [9.17, 15) is 9.59 Å². The van der Waals surface area contributed by atoms with Crippen LogP contribution in [0, 0.1) is 0 Å². The number of hydrogen-bond donors (Lipinski definition) is 1. The van der Waals surface area contributed by atoms with Crippen LogP contribution in [0.25, 0.3) is 0 Å². The molecule has 5 nitrogen and oxygen atoms in total. The van der Waals surface area contributed by atoms with E-state index in [0.717, 1.165) is 0 Å². The summed E-state index contributed by atoms with van der Waals surface area (Å²) in [6.45, 7) is 5.55. The monoisotopic (exact) mass is 466 g/mol. The van der Waals surface area contributed by atoms with Gasteiger partial charge in [-0.05, 0) is 13.8 Å². The molecule has 0 aromatic heterocycles. The van der Waals surface area contributed by atoms with Crippen molar-refractivity contribution in [1.29, 1.82) is 0 Å². The Labute approximate surface area is 128 Å². The van der Waals surface area contributed by atoms with Crippen LogP contribution in [0.5, 0.6) is 0 Å². The number of nitrogens with two attached hydrogens (primary N) is 1. The molecule has 1 fully saturated rings. The molecule has 98 valence electrons. The number of morpholine rings is 1. The van der Waals surface area contributed by atoms with E-state index in [0.29, 0.717) is 19.7 Å². The van der Waals surface area contributed by atoms with Crippen LogP contribution >= 0.6 is 45.2 Å². The Bertz CT molecular complexity index is 323. The molecule has 1 rings (SSSR count). The van der Waals surface area contributed by atoms with Gasteiger partial charge in [-0.1, -0.05) is 45.2 Å². The van der Waals surface area contributed by atoms with E-state index >= 15 is 0 Å². The maximum Gasteiger partial charge on any atom is 0.237 e. The van der Waals surface area contributed by atoms with Gasteiger partial charge in [-0.15, -0.1) is 0 Å². The fourth-order valence-electron chi connectivity index (χ4n) is 1.65. The third-order valence-corrected chi connectivity index (χ3v) is 6.46. The Hall–Kier alpha value is 0.360. The minimum Gasteiger partial charge on any atom is -0.372 e. The molecular formula is C10H16I2N2O3. The van der Waals surface area contributed by atoms with Gasteiger partial charge in [0.1, 0.15) is 7.85 Å². The summed E-state index contributed by atoms with van der Waals surface area (Å²) in [5.74, 6) is -0.494. The number of carbonyl (C=O) groups is 2. The molecule has 2 atom stereocenters. The zero-order valence-electron chi connectivity index (χ0n) is 9.78. The van der Waals surface area contributed by atoms with Crippen LogP contribution < -0.4 is 5.73 Å². The lowest BCUT2D eigenvalue weighted by Gasteiger charge is -2.39. The lowest BCUT2D eigenvalue weighted by atomic mass is 10.1. The molecule has 1 aliphatic heterocycles. The summed E-state index contributed by atoms with van der Waals surface area (Å²) in [4.78, 5) is 25.0. The molecule has 1 aliphatic rings. The zero-order chi connectivity index (χ0) is 13.2. The molecule has 0 aliphatic carbocycles. The summed E-state index contributed by atoms with van der Waals surface area (Å²) < 4.78 is 4.65. The first-order valence-electron chi connectivity index (χ1n) is 5.25. The molecule has 0 bridgehead atoms. The van der Waals surface area contributed by atoms with Gasteiger partial charge < -0.3 is 15.4 Å². The second kappa shape index (κ2) is 6.00. The predicted octanol–water partition coefficient (Wildman–Crippen LogP) is 0.716. The molecule has 17 heavy (non-hydrogen) atoms. The van der Waals surface area contributed by atoms with Crippen molar-refractivity contribution in [3.8, 4) is 0 Å². The van der Waals surface area contributed by atoms with E-state index in [1.54, 1.807) is 4.90 Å². The largest absolute Gasteiger partial charge is 0.372 e. The van der Waals surface area contributed by atoms with Crippen molar-refractivity contribution in [2.24, 2.45) is 5.73 Å². The van der Waals surface area contributed by atoms with Gasteiger partial charge in [-0.3, -0.25) is 9.59 Å². The SMILES string of the molecule is CC1(C)CN(C(=O)C(I)C(I)C(N)=O)CCO1. The van der Waals surface area contributed by atoms with Gasteiger partial charge in [0.15, 0.2) is 0 Å². The van der Waals surface area contributed by atoms with Crippen LogP contribution in [0.15, 0.2) is 0 Å². The fourth-order valence-corrected chi connectivity index (χ4v) is 2.70. The molecule has 0 radical (unpaired) electrons. The third kappa shape index (κ3) is 4.19. The van der Waals surface area contributed by atoms with Gasteiger partial charge in [0, 0.05) is 13.1 Å². The van der Waals surface area contributed by atoms with Gasteiger partial charge in [0.25, 0.3) is 0 Å². The predicted molar refractivity (Wildman–Crippen MR) is 81.4 cm³/mol. The standard InChI is InChI=1S/C10H16I2N2O3/c1-10(2)5-14(3-4-17-10)9(16)7(12)6(11)8(13)15/h6-7H,3-5H2,1-2H3,(H2,13,15). The van der Waals surface area contributed by atoms with Gasteiger partial charge in [0.2, 0.25) is 11.8 Å². The maximum absolute atomic E-state index is 12.2. The first-order chi connectivity index (χ1) is 7.74. The molecule has 0 saturated carbocycles. The normalized spacial score (nSPS) is 22.9. The topological polar surface area (TPSA) is 72.6 Å². The molecule has 0 aromatic rings. The van der Waals surface area contributed by atoms with Gasteiger partial charge in [-0.25, -0.2) is 0 Å². The van der Waals surface area contributed by atoms with Gasteiger partial charge >= 0.3 is 0 Å². The molecule has 1 saturated heterocycles. The van der Waals surface area contributed by atoms with Crippen molar-refractivity contribution >= 4 is 57.0 Å². The number of rotatable bonds is 3. The van der Waals surface area contributed by atoms with Crippen LogP contribution in [0.1, 0.15) is 13.8 Å². The molecule has 2 unspecified atom stereocenters. The summed E-state index contributed by atoms with van der Waals surface area (Å²) in [6.07, 6.45) is 0. The zero-order valence-corrected chi connectivity index (χ0v) is 14.1. The molecular weight excluding hydrogens is 450 g/mol. The number of primary amides is 1. The average molecular weight is 466 g/mol. The summed E-state index contributed by atoms with van der Waals surface area (Å²) in [5.41, 5.74) is 4.89. The lowest BCUT2D eigenvalue weighted by Crippen LogP contribution is -2.54. The second-order valence-electron chi connectivity index (χ2n) is 4.57. The number of carbonyl (C=O) groups excluding carboxylic acids is 2. The molecule has 0 spiro atoms. The van der Waals surface area contributed by atoms with Gasteiger partial charge in [0.05, 0.1) is 12.2 Å². The highest BCUT2D eigenvalue weighted by atomic mass is 127.